The number of aromatic nitrogens is 2. The van der Waals surface area contributed by atoms with Crippen LogP contribution in [0.3, 0.4) is 0 Å². The van der Waals surface area contributed by atoms with E-state index >= 15 is 0 Å². The molecule has 178 valence electrons. The highest BCUT2D eigenvalue weighted by molar-refractivity contribution is 6.00. The third-order valence-corrected chi connectivity index (χ3v) is 6.75. The Morgan fingerprint density at radius 3 is 2.54 bits per heavy atom. The van der Waals surface area contributed by atoms with Crippen LogP contribution < -0.4 is 10.6 Å². The zero-order chi connectivity index (χ0) is 24.0. The number of aromatic amines is 1. The van der Waals surface area contributed by atoms with E-state index in [1.165, 1.54) is 0 Å². The van der Waals surface area contributed by atoms with Crippen LogP contribution in [0.2, 0.25) is 0 Å². The summed E-state index contributed by atoms with van der Waals surface area (Å²) in [6.07, 6.45) is 6.53. The molecule has 1 aromatic heterocycles. The lowest BCUT2D eigenvalue weighted by Crippen LogP contribution is -2.45. The van der Waals surface area contributed by atoms with Crippen molar-refractivity contribution in [3.63, 3.8) is 0 Å². The van der Waals surface area contributed by atoms with Crippen molar-refractivity contribution in [2.24, 2.45) is 10.9 Å². The first-order chi connectivity index (χ1) is 16.9. The number of anilines is 1. The highest BCUT2D eigenvalue weighted by atomic mass is 19.3. The molecule has 1 unspecified atom stereocenters. The number of alkyl halides is 2. The largest absolute Gasteiger partial charge is 0.360 e. The molecule has 9 heteroatoms. The Bertz CT molecular complexity index is 1310. The van der Waals surface area contributed by atoms with Gasteiger partial charge in [0.25, 0.3) is 0 Å². The van der Waals surface area contributed by atoms with Crippen LogP contribution in [0.25, 0.3) is 11.1 Å². The summed E-state index contributed by atoms with van der Waals surface area (Å²) < 4.78 is 26.4. The van der Waals surface area contributed by atoms with Gasteiger partial charge in [-0.2, -0.15) is 5.10 Å². The molecule has 1 amide bonds. The average Bonchev–Trinajstić information content (AvgIpc) is 3.52. The van der Waals surface area contributed by atoms with E-state index in [-0.39, 0.29) is 24.9 Å². The number of halogens is 2. The molecule has 1 atom stereocenters. The third-order valence-electron chi connectivity index (χ3n) is 6.75. The minimum absolute atomic E-state index is 0.173. The van der Waals surface area contributed by atoms with E-state index in [4.69, 9.17) is 4.99 Å². The molecule has 3 aromatic rings. The van der Waals surface area contributed by atoms with E-state index in [2.05, 4.69) is 20.8 Å². The van der Waals surface area contributed by atoms with Gasteiger partial charge in [-0.1, -0.05) is 24.3 Å². The molecule has 7 nitrogen and oxygen atoms in total. The standard InChI is InChI=1S/C26H24F2N6O/c27-26(28)10-20(11-26)25(35)34-14-18-2-1-17(9-19(18)15-34)24-29-8-7-23(33-24)32-22-5-3-16(4-6-22)21-12-30-31-13-21/h1-9,12-13,20,23,32H,10-11,14-15H2,(H,29,33)(H,30,31). The Labute approximate surface area is 200 Å². The Hall–Kier alpha value is -4.01. The molecule has 2 aromatic carbocycles. The van der Waals surface area contributed by atoms with Gasteiger partial charge >= 0.3 is 0 Å². The van der Waals surface area contributed by atoms with Gasteiger partial charge in [-0.15, -0.1) is 0 Å². The van der Waals surface area contributed by atoms with E-state index in [0.717, 1.165) is 39.3 Å². The summed E-state index contributed by atoms with van der Waals surface area (Å²) in [6, 6.07) is 14.1. The van der Waals surface area contributed by atoms with Gasteiger partial charge in [0.2, 0.25) is 11.8 Å². The predicted molar refractivity (Wildman–Crippen MR) is 129 cm³/mol. The van der Waals surface area contributed by atoms with Gasteiger partial charge in [0.05, 0.1) is 6.20 Å². The molecule has 3 heterocycles. The van der Waals surface area contributed by atoms with E-state index in [0.29, 0.717) is 13.1 Å². The summed E-state index contributed by atoms with van der Waals surface area (Å²) in [5, 5.41) is 13.4. The van der Waals surface area contributed by atoms with Crippen molar-refractivity contribution in [1.82, 2.24) is 20.4 Å². The number of hydrogen-bond donors (Lipinski definition) is 3. The topological polar surface area (TPSA) is 85.4 Å². The second-order valence-corrected chi connectivity index (χ2v) is 9.27. The lowest BCUT2D eigenvalue weighted by atomic mass is 9.80. The summed E-state index contributed by atoms with van der Waals surface area (Å²) in [7, 11) is 0. The minimum atomic E-state index is -2.69. The van der Waals surface area contributed by atoms with Crippen molar-refractivity contribution >= 4 is 17.4 Å². The summed E-state index contributed by atoms with van der Waals surface area (Å²) in [5.41, 5.74) is 6.04. The second kappa shape index (κ2) is 8.33. The number of rotatable bonds is 5. The van der Waals surface area contributed by atoms with E-state index in [1.807, 2.05) is 60.9 Å². The number of carbonyl (C=O) groups excluding carboxylic acids is 1. The third kappa shape index (κ3) is 4.29. The van der Waals surface area contributed by atoms with Crippen LogP contribution in [-0.4, -0.2) is 38.9 Å². The van der Waals surface area contributed by atoms with Crippen LogP contribution in [0.4, 0.5) is 14.5 Å². The molecule has 1 fully saturated rings. The Balaban J connectivity index is 1.13. The number of hydrogen-bond acceptors (Lipinski definition) is 5. The number of amides is 1. The van der Waals surface area contributed by atoms with E-state index in [1.54, 1.807) is 11.1 Å². The van der Waals surface area contributed by atoms with Gasteiger partial charge in [-0.3, -0.25) is 9.89 Å². The maximum atomic E-state index is 13.2. The second-order valence-electron chi connectivity index (χ2n) is 9.27. The van der Waals surface area contributed by atoms with Crippen LogP contribution in [-0.2, 0) is 17.9 Å². The van der Waals surface area contributed by atoms with Crippen LogP contribution >= 0.6 is 0 Å². The highest BCUT2D eigenvalue weighted by Crippen LogP contribution is 2.44. The van der Waals surface area contributed by atoms with Crippen molar-refractivity contribution in [2.45, 2.75) is 38.0 Å². The molecule has 3 aliphatic rings. The molecule has 0 radical (unpaired) electrons. The summed E-state index contributed by atoms with van der Waals surface area (Å²) in [4.78, 5) is 19.1. The van der Waals surface area contributed by atoms with Gasteiger partial charge < -0.3 is 15.5 Å². The van der Waals surface area contributed by atoms with Crippen molar-refractivity contribution in [3.05, 3.63) is 83.8 Å². The quantitative estimate of drug-likeness (QED) is 0.516. The smallest absolute Gasteiger partial charge is 0.249 e. The van der Waals surface area contributed by atoms with Crippen molar-refractivity contribution in [2.75, 3.05) is 5.32 Å². The number of fused-ring (bicyclic) bond motifs is 1. The number of nitrogens with one attached hydrogen (secondary N) is 3. The van der Waals surface area contributed by atoms with Gasteiger partial charge in [0.15, 0.2) is 0 Å². The number of nitrogens with zero attached hydrogens (tertiary/aromatic N) is 3. The first-order valence-electron chi connectivity index (χ1n) is 11.6. The van der Waals surface area contributed by atoms with Gasteiger partial charge in [-0.25, -0.2) is 13.8 Å². The van der Waals surface area contributed by atoms with Crippen molar-refractivity contribution in [3.8, 4) is 11.1 Å². The Morgan fingerprint density at radius 1 is 1.03 bits per heavy atom. The van der Waals surface area contributed by atoms with E-state index in [9.17, 15) is 13.6 Å². The van der Waals surface area contributed by atoms with Crippen LogP contribution in [0.1, 0.15) is 29.5 Å². The molecular weight excluding hydrogens is 450 g/mol. The zero-order valence-electron chi connectivity index (χ0n) is 18.8. The monoisotopic (exact) mass is 474 g/mol. The van der Waals surface area contributed by atoms with Crippen molar-refractivity contribution < 1.29 is 13.6 Å². The van der Waals surface area contributed by atoms with Crippen LogP contribution in [0.5, 0.6) is 0 Å². The number of benzene rings is 2. The van der Waals surface area contributed by atoms with Gasteiger partial charge in [-0.05, 0) is 41.0 Å². The van der Waals surface area contributed by atoms with Gasteiger partial charge in [0, 0.05) is 61.1 Å². The molecule has 1 aliphatic carbocycles. The molecule has 0 spiro atoms. The molecule has 0 bridgehead atoms. The maximum absolute atomic E-state index is 13.2. The minimum Gasteiger partial charge on any atom is -0.360 e. The van der Waals surface area contributed by atoms with Crippen LogP contribution in [0.15, 0.2) is 72.1 Å². The number of carbonyl (C=O) groups is 1. The Morgan fingerprint density at radius 2 is 1.80 bits per heavy atom. The van der Waals surface area contributed by atoms with E-state index < -0.39 is 11.8 Å². The Kier molecular flexibility index (Phi) is 5.12. The number of H-pyrrole nitrogens is 1. The zero-order valence-corrected chi connectivity index (χ0v) is 18.8. The maximum Gasteiger partial charge on any atom is 0.249 e. The first kappa shape index (κ1) is 21.5. The highest BCUT2D eigenvalue weighted by Gasteiger charge is 2.50. The molecular formula is C26H24F2N6O. The van der Waals surface area contributed by atoms with Crippen molar-refractivity contribution in [1.29, 1.82) is 0 Å². The summed E-state index contributed by atoms with van der Waals surface area (Å²) in [6.45, 7) is 0.910. The molecule has 35 heavy (non-hydrogen) atoms. The fourth-order valence-corrected chi connectivity index (χ4v) is 4.81. The molecule has 0 saturated heterocycles. The lowest BCUT2D eigenvalue weighted by Gasteiger charge is -2.36. The predicted octanol–water partition coefficient (Wildman–Crippen LogP) is 4.27. The first-order valence-corrected chi connectivity index (χ1v) is 11.6. The molecule has 2 aliphatic heterocycles. The van der Waals surface area contributed by atoms with Crippen LogP contribution in [0, 0.1) is 5.92 Å². The lowest BCUT2D eigenvalue weighted by molar-refractivity contribution is -0.160. The normalized spacial score (nSPS) is 20.6. The molecule has 1 saturated carbocycles. The molecule has 6 rings (SSSR count). The fraction of sp³-hybridized carbons (Fsp3) is 0.269. The fourth-order valence-electron chi connectivity index (χ4n) is 4.81. The average molecular weight is 475 g/mol. The van der Waals surface area contributed by atoms with Gasteiger partial charge in [0.1, 0.15) is 12.0 Å². The summed E-state index contributed by atoms with van der Waals surface area (Å²) >= 11 is 0. The molecule has 3 N–H and O–H groups in total. The number of aliphatic imine (C=N–C) groups is 1. The SMILES string of the molecule is O=C(C1CC(F)(F)C1)N1Cc2ccc(C3=NC(Nc4ccc(-c5cn[nH]c5)cc4)C=CN3)cc2C1. The summed E-state index contributed by atoms with van der Waals surface area (Å²) in [5.74, 6) is -2.70. The number of amidine groups is 1.